The number of aromatic nitrogens is 1. The number of ether oxygens (including phenoxy) is 2. The van der Waals surface area contributed by atoms with Crippen molar-refractivity contribution < 1.29 is 27.8 Å². The van der Waals surface area contributed by atoms with Crippen LogP contribution in [0.25, 0.3) is 0 Å². The highest BCUT2D eigenvalue weighted by Crippen LogP contribution is 2.31. The lowest BCUT2D eigenvalue weighted by atomic mass is 10.1. The van der Waals surface area contributed by atoms with Crippen LogP contribution in [0, 0.1) is 11.6 Å². The third-order valence-electron chi connectivity index (χ3n) is 5.25. The van der Waals surface area contributed by atoms with Crippen molar-refractivity contribution in [2.24, 2.45) is 0 Å². The Balaban J connectivity index is 1.45. The molecule has 0 aliphatic carbocycles. The molecule has 3 rings (SSSR count). The number of nitrogens with one attached hydrogen (secondary N) is 2. The minimum atomic E-state index is -0.932. The first-order valence-corrected chi connectivity index (χ1v) is 11.1. The lowest BCUT2D eigenvalue weighted by molar-refractivity contribution is -0.121. The molecule has 0 fully saturated rings. The molecule has 0 saturated heterocycles. The molecule has 0 spiro atoms. The van der Waals surface area contributed by atoms with Crippen molar-refractivity contribution in [3.63, 3.8) is 0 Å². The molecule has 7 nitrogen and oxygen atoms in total. The maximum Gasteiger partial charge on any atom is 0.254 e. The van der Waals surface area contributed by atoms with Crippen LogP contribution in [0.15, 0.2) is 60.9 Å². The molecule has 0 saturated carbocycles. The average molecular weight is 484 g/mol. The zero-order valence-electron chi connectivity index (χ0n) is 19.5. The highest BCUT2D eigenvalue weighted by molar-refractivity contribution is 5.94. The van der Waals surface area contributed by atoms with Gasteiger partial charge in [0.15, 0.2) is 11.5 Å². The van der Waals surface area contributed by atoms with Gasteiger partial charge in [-0.05, 0) is 60.9 Å². The van der Waals surface area contributed by atoms with E-state index in [0.717, 1.165) is 23.3 Å². The fourth-order valence-electron chi connectivity index (χ4n) is 3.33. The summed E-state index contributed by atoms with van der Waals surface area (Å²) in [6.45, 7) is 2.40. The number of hydrogen-bond acceptors (Lipinski definition) is 5. The predicted octanol–water partition coefficient (Wildman–Crippen LogP) is 4.33. The van der Waals surface area contributed by atoms with Crippen molar-refractivity contribution in [2.45, 2.75) is 32.4 Å². The van der Waals surface area contributed by atoms with E-state index in [0.29, 0.717) is 30.6 Å². The van der Waals surface area contributed by atoms with Gasteiger partial charge in [-0.2, -0.15) is 0 Å². The van der Waals surface area contributed by atoms with Gasteiger partial charge in [-0.15, -0.1) is 0 Å². The van der Waals surface area contributed by atoms with E-state index in [1.807, 2.05) is 31.2 Å². The maximum absolute atomic E-state index is 13.7. The summed E-state index contributed by atoms with van der Waals surface area (Å²) >= 11 is 0. The molecule has 184 valence electrons. The molecule has 2 aromatic carbocycles. The average Bonchev–Trinajstić information content (AvgIpc) is 2.85. The van der Waals surface area contributed by atoms with E-state index in [-0.39, 0.29) is 30.5 Å². The summed E-state index contributed by atoms with van der Waals surface area (Å²) in [4.78, 5) is 28.3. The molecule has 1 atom stereocenters. The van der Waals surface area contributed by atoms with Crippen molar-refractivity contribution in [1.29, 1.82) is 0 Å². The molecule has 0 radical (unpaired) electrons. The van der Waals surface area contributed by atoms with Gasteiger partial charge in [0, 0.05) is 31.4 Å². The molecule has 9 heteroatoms. The number of benzene rings is 2. The zero-order valence-corrected chi connectivity index (χ0v) is 19.5. The summed E-state index contributed by atoms with van der Waals surface area (Å²) in [7, 11) is 1.55. The van der Waals surface area contributed by atoms with E-state index < -0.39 is 17.5 Å². The molecule has 35 heavy (non-hydrogen) atoms. The van der Waals surface area contributed by atoms with Crippen LogP contribution in [0.1, 0.15) is 47.3 Å². The van der Waals surface area contributed by atoms with Crippen molar-refractivity contribution in [3.05, 3.63) is 89.2 Å². The van der Waals surface area contributed by atoms with Crippen LogP contribution >= 0.6 is 0 Å². The predicted molar refractivity (Wildman–Crippen MR) is 126 cm³/mol. The van der Waals surface area contributed by atoms with Crippen LogP contribution in [0.5, 0.6) is 11.5 Å². The van der Waals surface area contributed by atoms with Gasteiger partial charge in [0.05, 0.1) is 18.7 Å². The van der Waals surface area contributed by atoms with Crippen molar-refractivity contribution >= 4 is 11.8 Å². The monoisotopic (exact) mass is 483 g/mol. The van der Waals surface area contributed by atoms with E-state index in [2.05, 4.69) is 15.6 Å². The van der Waals surface area contributed by atoms with E-state index >= 15 is 0 Å². The smallest absolute Gasteiger partial charge is 0.254 e. The molecular weight excluding hydrogens is 456 g/mol. The number of hydrogen-bond donors (Lipinski definition) is 2. The quantitative estimate of drug-likeness (QED) is 0.396. The Hall–Kier alpha value is -4.01. The second-order valence-electron chi connectivity index (χ2n) is 7.83. The number of nitrogens with zero attached hydrogens (tertiary/aromatic N) is 1. The van der Waals surface area contributed by atoms with Gasteiger partial charge in [0.25, 0.3) is 5.91 Å². The summed E-state index contributed by atoms with van der Waals surface area (Å²) < 4.78 is 37.9. The van der Waals surface area contributed by atoms with E-state index in [1.54, 1.807) is 25.6 Å². The lowest BCUT2D eigenvalue weighted by Crippen LogP contribution is -2.29. The first-order chi connectivity index (χ1) is 16.9. The number of rotatable bonds is 11. The molecule has 1 unspecified atom stereocenters. The second kappa shape index (κ2) is 12.5. The van der Waals surface area contributed by atoms with Crippen LogP contribution in [-0.4, -0.2) is 30.5 Å². The number of pyridine rings is 1. The summed E-state index contributed by atoms with van der Waals surface area (Å²) in [6.07, 6.45) is 3.92. The Morgan fingerprint density at radius 2 is 1.80 bits per heavy atom. The van der Waals surface area contributed by atoms with Crippen molar-refractivity contribution in [1.82, 2.24) is 15.6 Å². The van der Waals surface area contributed by atoms with Gasteiger partial charge in [-0.3, -0.25) is 14.6 Å². The molecule has 0 bridgehead atoms. The fourth-order valence-corrected chi connectivity index (χ4v) is 3.33. The molecule has 0 aliphatic heterocycles. The topological polar surface area (TPSA) is 89.6 Å². The second-order valence-corrected chi connectivity index (χ2v) is 7.83. The number of halogens is 2. The first kappa shape index (κ1) is 25.6. The van der Waals surface area contributed by atoms with Crippen LogP contribution in [-0.2, 0) is 11.4 Å². The van der Waals surface area contributed by atoms with Crippen molar-refractivity contribution in [3.8, 4) is 11.5 Å². The fraction of sp³-hybridized carbons (Fsp3) is 0.269. The molecule has 2 amide bonds. The Labute approximate surface area is 202 Å². The SMILES string of the molecule is COc1cc(C(C)NC(=O)CCCNC(=O)c2ccc(F)cc2F)ccc1OCc1ccncc1. The molecule has 3 aromatic rings. The largest absolute Gasteiger partial charge is 0.493 e. The van der Waals surface area contributed by atoms with Gasteiger partial charge in [-0.1, -0.05) is 6.07 Å². The number of methoxy groups -OCH3 is 1. The van der Waals surface area contributed by atoms with Gasteiger partial charge >= 0.3 is 0 Å². The molecular formula is C26H27F2N3O4. The molecule has 1 aromatic heterocycles. The summed E-state index contributed by atoms with van der Waals surface area (Å²) in [5.74, 6) is -1.41. The lowest BCUT2D eigenvalue weighted by Gasteiger charge is -2.17. The molecule has 0 aliphatic rings. The minimum absolute atomic E-state index is 0.167. The van der Waals surface area contributed by atoms with E-state index in [9.17, 15) is 18.4 Å². The third-order valence-corrected chi connectivity index (χ3v) is 5.25. The van der Waals surface area contributed by atoms with E-state index in [4.69, 9.17) is 9.47 Å². The Bertz CT molecular complexity index is 1160. The summed E-state index contributed by atoms with van der Waals surface area (Å²) in [5.41, 5.74) is 1.57. The summed E-state index contributed by atoms with van der Waals surface area (Å²) in [6, 6.07) is 11.7. The summed E-state index contributed by atoms with van der Waals surface area (Å²) in [5, 5.41) is 5.43. The van der Waals surface area contributed by atoms with E-state index in [1.165, 1.54) is 0 Å². The van der Waals surface area contributed by atoms with Gasteiger partial charge in [0.2, 0.25) is 5.91 Å². The Kier molecular flexibility index (Phi) is 9.11. The van der Waals surface area contributed by atoms with Crippen LogP contribution in [0.3, 0.4) is 0 Å². The number of carbonyl (C=O) groups is 2. The Morgan fingerprint density at radius 1 is 1.03 bits per heavy atom. The highest BCUT2D eigenvalue weighted by atomic mass is 19.1. The van der Waals surface area contributed by atoms with Crippen LogP contribution in [0.2, 0.25) is 0 Å². The number of amides is 2. The Morgan fingerprint density at radius 3 is 2.51 bits per heavy atom. The standard InChI is InChI=1S/C26H27F2N3O4/c1-17(19-5-8-23(24(14-19)34-2)35-16-18-9-12-29-13-10-18)31-25(32)4-3-11-30-26(33)21-7-6-20(27)15-22(21)28/h5-10,12-15,17H,3-4,11,16H2,1-2H3,(H,30,33)(H,31,32). The van der Waals surface area contributed by atoms with Crippen LogP contribution in [0.4, 0.5) is 8.78 Å². The maximum atomic E-state index is 13.7. The van der Waals surface area contributed by atoms with Crippen LogP contribution < -0.4 is 20.1 Å². The normalized spacial score (nSPS) is 11.4. The minimum Gasteiger partial charge on any atom is -0.493 e. The molecule has 1 heterocycles. The van der Waals surface area contributed by atoms with Gasteiger partial charge in [0.1, 0.15) is 18.2 Å². The van der Waals surface area contributed by atoms with Gasteiger partial charge < -0.3 is 20.1 Å². The highest BCUT2D eigenvalue weighted by Gasteiger charge is 2.15. The molecule has 2 N–H and O–H groups in total. The third kappa shape index (κ3) is 7.49. The van der Waals surface area contributed by atoms with Crippen molar-refractivity contribution in [2.75, 3.05) is 13.7 Å². The van der Waals surface area contributed by atoms with Gasteiger partial charge in [-0.25, -0.2) is 8.78 Å². The first-order valence-electron chi connectivity index (χ1n) is 11.1. The zero-order chi connectivity index (χ0) is 25.2. The number of carbonyl (C=O) groups excluding carboxylic acids is 2.